The number of nitrogens with zero attached hydrogens (tertiary/aromatic N) is 2. The second kappa shape index (κ2) is 9.17. The number of benzene rings is 3. The van der Waals surface area contributed by atoms with Crippen molar-refractivity contribution in [2.24, 2.45) is 0 Å². The lowest BCUT2D eigenvalue weighted by atomic mass is 10.0. The summed E-state index contributed by atoms with van der Waals surface area (Å²) in [6, 6.07) is 19.9. The van der Waals surface area contributed by atoms with Crippen LogP contribution in [-0.4, -0.2) is 39.9 Å². The number of hydrogen-bond acceptors (Lipinski definition) is 5. The van der Waals surface area contributed by atoms with Crippen LogP contribution in [0.15, 0.2) is 72.8 Å². The molecule has 3 N–H and O–H groups in total. The van der Waals surface area contributed by atoms with Gasteiger partial charge in [-0.15, -0.1) is 0 Å². The fourth-order valence-electron chi connectivity index (χ4n) is 3.78. The Kier molecular flexibility index (Phi) is 6.16. The van der Waals surface area contributed by atoms with Crippen LogP contribution in [0.3, 0.4) is 0 Å². The molecule has 32 heavy (non-hydrogen) atoms. The highest BCUT2D eigenvalue weighted by atomic mass is 19.1. The number of rotatable bonds is 6. The van der Waals surface area contributed by atoms with Crippen LogP contribution in [-0.2, 0) is 13.0 Å². The van der Waals surface area contributed by atoms with Crippen molar-refractivity contribution in [1.82, 2.24) is 10.4 Å². The van der Waals surface area contributed by atoms with E-state index in [0.29, 0.717) is 17.7 Å². The molecule has 4 rings (SSSR count). The highest BCUT2D eigenvalue weighted by Gasteiger charge is 2.36. The molecule has 0 aromatic heterocycles. The van der Waals surface area contributed by atoms with Gasteiger partial charge in [0.05, 0.1) is 11.3 Å². The van der Waals surface area contributed by atoms with Gasteiger partial charge in [-0.25, -0.2) is 9.87 Å². The maximum atomic E-state index is 14.0. The number of aliphatic hydroxyl groups excluding tert-OH is 1. The van der Waals surface area contributed by atoms with E-state index in [1.54, 1.807) is 22.5 Å². The Balaban J connectivity index is 1.62. The standard InChI is InChI=1S/C24H22FN3O4/c25-19-10-11-20-21(14-19)28(15-17-6-8-18(9-7-17)22(29)26-32)24(31)27(23(20)30)13-12-16-4-2-1-3-5-16/h1-11,14,24,31-32H,12-13,15H2,(H,26,29). The normalized spacial score (nSPS) is 15.5. The summed E-state index contributed by atoms with van der Waals surface area (Å²) >= 11 is 0. The minimum atomic E-state index is -1.29. The van der Waals surface area contributed by atoms with E-state index >= 15 is 0 Å². The maximum absolute atomic E-state index is 14.0. The fourth-order valence-corrected chi connectivity index (χ4v) is 3.78. The summed E-state index contributed by atoms with van der Waals surface area (Å²) in [6.45, 7) is 0.459. The summed E-state index contributed by atoms with van der Waals surface area (Å²) in [5, 5.41) is 19.8. The molecule has 0 bridgehead atoms. The van der Waals surface area contributed by atoms with Gasteiger partial charge in [0, 0.05) is 18.7 Å². The third-order valence-corrected chi connectivity index (χ3v) is 5.47. The van der Waals surface area contributed by atoms with Crippen molar-refractivity contribution in [3.8, 4) is 0 Å². The molecule has 0 radical (unpaired) electrons. The first kappa shape index (κ1) is 21.5. The lowest BCUT2D eigenvalue weighted by Gasteiger charge is -2.42. The van der Waals surface area contributed by atoms with Gasteiger partial charge in [-0.1, -0.05) is 42.5 Å². The Hall–Kier alpha value is -3.75. The van der Waals surface area contributed by atoms with Crippen molar-refractivity contribution < 1.29 is 24.3 Å². The minimum absolute atomic E-state index is 0.174. The second-order valence-corrected chi connectivity index (χ2v) is 7.51. The van der Waals surface area contributed by atoms with Crippen molar-refractivity contribution in [3.63, 3.8) is 0 Å². The van der Waals surface area contributed by atoms with Gasteiger partial charge in [0.1, 0.15) is 5.82 Å². The third-order valence-electron chi connectivity index (χ3n) is 5.47. The number of hydrogen-bond donors (Lipinski definition) is 3. The molecule has 1 aliphatic rings. The van der Waals surface area contributed by atoms with Crippen LogP contribution in [0.1, 0.15) is 31.8 Å². The van der Waals surface area contributed by atoms with Gasteiger partial charge in [0.15, 0.2) is 0 Å². The SMILES string of the molecule is O=C(NO)c1ccc(CN2c3cc(F)ccc3C(=O)N(CCc3ccccc3)C2O)cc1. The number of carbonyl (C=O) groups is 2. The Morgan fingerprint density at radius 1 is 0.969 bits per heavy atom. The molecule has 7 nitrogen and oxygen atoms in total. The zero-order valence-electron chi connectivity index (χ0n) is 17.1. The van der Waals surface area contributed by atoms with Crippen molar-refractivity contribution in [3.05, 3.63) is 101 Å². The average molecular weight is 435 g/mol. The Morgan fingerprint density at radius 2 is 1.69 bits per heavy atom. The second-order valence-electron chi connectivity index (χ2n) is 7.51. The fraction of sp³-hybridized carbons (Fsp3) is 0.167. The van der Waals surface area contributed by atoms with Gasteiger partial charge in [0.25, 0.3) is 11.8 Å². The molecule has 1 atom stereocenters. The summed E-state index contributed by atoms with van der Waals surface area (Å²) in [6.07, 6.45) is -0.736. The summed E-state index contributed by atoms with van der Waals surface area (Å²) < 4.78 is 14.0. The number of nitrogens with one attached hydrogen (secondary N) is 1. The number of hydroxylamine groups is 1. The molecule has 0 fully saturated rings. The topological polar surface area (TPSA) is 93.1 Å². The highest BCUT2D eigenvalue weighted by molar-refractivity contribution is 6.01. The van der Waals surface area contributed by atoms with E-state index in [0.717, 1.165) is 11.1 Å². The van der Waals surface area contributed by atoms with Crippen LogP contribution in [0, 0.1) is 5.82 Å². The number of halogens is 1. The zero-order chi connectivity index (χ0) is 22.7. The molecule has 3 aromatic rings. The molecule has 1 unspecified atom stereocenters. The Morgan fingerprint density at radius 3 is 2.38 bits per heavy atom. The number of anilines is 1. The van der Waals surface area contributed by atoms with Crippen LogP contribution in [0.2, 0.25) is 0 Å². The molecular weight excluding hydrogens is 413 g/mol. The van der Waals surface area contributed by atoms with Gasteiger partial charge < -0.3 is 10.0 Å². The Bertz CT molecular complexity index is 1120. The maximum Gasteiger partial charge on any atom is 0.274 e. The lowest BCUT2D eigenvalue weighted by molar-refractivity contribution is 0.00116. The van der Waals surface area contributed by atoms with Crippen LogP contribution in [0.25, 0.3) is 0 Å². The lowest BCUT2D eigenvalue weighted by Crippen LogP contribution is -2.55. The van der Waals surface area contributed by atoms with Crippen molar-refractivity contribution in [1.29, 1.82) is 0 Å². The molecule has 8 heteroatoms. The number of aliphatic hydroxyl groups is 1. The first-order valence-corrected chi connectivity index (χ1v) is 10.1. The minimum Gasteiger partial charge on any atom is -0.356 e. The van der Waals surface area contributed by atoms with E-state index in [4.69, 9.17) is 5.21 Å². The van der Waals surface area contributed by atoms with Crippen LogP contribution < -0.4 is 10.4 Å². The van der Waals surface area contributed by atoms with Gasteiger partial charge in [-0.3, -0.25) is 19.7 Å². The van der Waals surface area contributed by atoms with Gasteiger partial charge in [-0.2, -0.15) is 0 Å². The molecule has 1 aliphatic heterocycles. The Labute approximate surface area is 184 Å². The third kappa shape index (κ3) is 4.32. The first-order chi connectivity index (χ1) is 15.5. The van der Waals surface area contributed by atoms with E-state index < -0.39 is 18.1 Å². The molecule has 0 saturated heterocycles. The van der Waals surface area contributed by atoms with E-state index in [-0.39, 0.29) is 24.6 Å². The largest absolute Gasteiger partial charge is 0.356 e. The van der Waals surface area contributed by atoms with Gasteiger partial charge >= 0.3 is 0 Å². The van der Waals surface area contributed by atoms with E-state index in [2.05, 4.69) is 0 Å². The van der Waals surface area contributed by atoms with Crippen LogP contribution >= 0.6 is 0 Å². The molecule has 0 aliphatic carbocycles. The monoisotopic (exact) mass is 435 g/mol. The average Bonchev–Trinajstić information content (AvgIpc) is 2.82. The number of amides is 2. The van der Waals surface area contributed by atoms with E-state index in [1.807, 2.05) is 30.3 Å². The molecule has 164 valence electrons. The predicted molar refractivity (Wildman–Crippen MR) is 115 cm³/mol. The van der Waals surface area contributed by atoms with Crippen molar-refractivity contribution in [2.75, 3.05) is 11.4 Å². The summed E-state index contributed by atoms with van der Waals surface area (Å²) in [5.74, 6) is -1.52. The van der Waals surface area contributed by atoms with Crippen LogP contribution in [0.5, 0.6) is 0 Å². The van der Waals surface area contributed by atoms with Crippen LogP contribution in [0.4, 0.5) is 10.1 Å². The molecule has 0 spiro atoms. The smallest absolute Gasteiger partial charge is 0.274 e. The van der Waals surface area contributed by atoms with Crippen molar-refractivity contribution >= 4 is 17.5 Å². The zero-order valence-corrected chi connectivity index (χ0v) is 17.1. The molecule has 3 aromatic carbocycles. The summed E-state index contributed by atoms with van der Waals surface area (Å²) in [7, 11) is 0. The molecular formula is C24H22FN3O4. The molecule has 1 heterocycles. The summed E-state index contributed by atoms with van der Waals surface area (Å²) in [4.78, 5) is 27.5. The van der Waals surface area contributed by atoms with E-state index in [1.165, 1.54) is 35.2 Å². The number of fused-ring (bicyclic) bond motifs is 1. The van der Waals surface area contributed by atoms with Crippen molar-refractivity contribution in [2.45, 2.75) is 19.3 Å². The molecule has 0 saturated carbocycles. The summed E-state index contributed by atoms with van der Waals surface area (Å²) in [5.41, 5.74) is 4.20. The van der Waals surface area contributed by atoms with Gasteiger partial charge in [0.2, 0.25) is 6.35 Å². The highest BCUT2D eigenvalue weighted by Crippen LogP contribution is 2.32. The van der Waals surface area contributed by atoms with E-state index in [9.17, 15) is 19.1 Å². The first-order valence-electron chi connectivity index (χ1n) is 10.1. The molecule has 2 amide bonds. The quantitative estimate of drug-likeness (QED) is 0.409. The van der Waals surface area contributed by atoms with Gasteiger partial charge in [-0.05, 0) is 47.9 Å². The number of carbonyl (C=O) groups excluding carboxylic acids is 2. The predicted octanol–water partition coefficient (Wildman–Crippen LogP) is 2.93.